The highest BCUT2D eigenvalue weighted by Crippen LogP contribution is 2.23. The number of benzene rings is 1. The predicted octanol–water partition coefficient (Wildman–Crippen LogP) is 3.28. The van der Waals surface area contributed by atoms with Gasteiger partial charge in [-0.2, -0.15) is 0 Å². The minimum atomic E-state index is -0.956. The van der Waals surface area contributed by atoms with E-state index in [-0.39, 0.29) is 6.61 Å². The fourth-order valence-corrected chi connectivity index (χ4v) is 2.48. The van der Waals surface area contributed by atoms with Crippen molar-refractivity contribution < 1.29 is 14.6 Å². The number of aliphatic carboxylic acids is 1. The first-order chi connectivity index (χ1) is 9.24. The third-order valence-electron chi connectivity index (χ3n) is 3.42. The molecule has 0 saturated heterocycles. The standard InChI is InChI=1S/C15H21NO3/c17-15(18)11-19-14-9-5-8-13(10-14)16-12-6-3-1-2-4-7-12/h5,8-10,12,16H,1-4,6-7,11H2,(H,17,18). The van der Waals surface area contributed by atoms with E-state index in [2.05, 4.69) is 5.32 Å². The molecule has 0 atom stereocenters. The number of nitrogens with one attached hydrogen (secondary N) is 1. The Morgan fingerprint density at radius 2 is 2.00 bits per heavy atom. The fourth-order valence-electron chi connectivity index (χ4n) is 2.48. The van der Waals surface area contributed by atoms with Crippen molar-refractivity contribution in [2.75, 3.05) is 11.9 Å². The van der Waals surface area contributed by atoms with E-state index in [1.54, 1.807) is 6.07 Å². The van der Waals surface area contributed by atoms with Crippen LogP contribution in [0, 0.1) is 0 Å². The largest absolute Gasteiger partial charge is 0.482 e. The highest BCUT2D eigenvalue weighted by atomic mass is 16.5. The van der Waals surface area contributed by atoms with Gasteiger partial charge in [0.1, 0.15) is 5.75 Å². The normalized spacial score (nSPS) is 16.6. The maximum absolute atomic E-state index is 10.5. The lowest BCUT2D eigenvalue weighted by Gasteiger charge is -2.18. The van der Waals surface area contributed by atoms with Crippen molar-refractivity contribution in [3.8, 4) is 5.75 Å². The molecule has 19 heavy (non-hydrogen) atoms. The molecule has 2 rings (SSSR count). The van der Waals surface area contributed by atoms with Crippen LogP contribution in [-0.2, 0) is 4.79 Å². The topological polar surface area (TPSA) is 58.6 Å². The van der Waals surface area contributed by atoms with Crippen molar-refractivity contribution in [3.05, 3.63) is 24.3 Å². The Balaban J connectivity index is 1.91. The smallest absolute Gasteiger partial charge is 0.341 e. The van der Waals surface area contributed by atoms with Crippen molar-refractivity contribution in [2.45, 2.75) is 44.6 Å². The summed E-state index contributed by atoms with van der Waals surface area (Å²) in [5.74, 6) is -0.358. The summed E-state index contributed by atoms with van der Waals surface area (Å²) in [6.45, 7) is -0.299. The molecule has 1 fully saturated rings. The Hall–Kier alpha value is -1.71. The number of carbonyl (C=O) groups is 1. The molecule has 0 unspecified atom stereocenters. The molecule has 0 amide bonds. The molecule has 4 nitrogen and oxygen atoms in total. The summed E-state index contributed by atoms with van der Waals surface area (Å²) in [5, 5.41) is 12.1. The van der Waals surface area contributed by atoms with Gasteiger partial charge >= 0.3 is 5.97 Å². The van der Waals surface area contributed by atoms with Crippen molar-refractivity contribution in [1.82, 2.24) is 0 Å². The lowest BCUT2D eigenvalue weighted by Crippen LogP contribution is -2.18. The molecule has 1 aliphatic rings. The van der Waals surface area contributed by atoms with Gasteiger partial charge in [-0.05, 0) is 25.0 Å². The number of carboxylic acids is 1. The first-order valence-electron chi connectivity index (χ1n) is 6.95. The third-order valence-corrected chi connectivity index (χ3v) is 3.42. The van der Waals surface area contributed by atoms with Crippen molar-refractivity contribution in [1.29, 1.82) is 0 Å². The summed E-state index contributed by atoms with van der Waals surface area (Å²) in [6, 6.07) is 8.06. The van der Waals surface area contributed by atoms with Crippen LogP contribution in [0.3, 0.4) is 0 Å². The minimum Gasteiger partial charge on any atom is -0.482 e. The first kappa shape index (κ1) is 13.7. The predicted molar refractivity (Wildman–Crippen MR) is 74.7 cm³/mol. The van der Waals surface area contributed by atoms with Gasteiger partial charge in [0, 0.05) is 17.8 Å². The highest BCUT2D eigenvalue weighted by Gasteiger charge is 2.12. The van der Waals surface area contributed by atoms with Gasteiger partial charge in [-0.15, -0.1) is 0 Å². The molecule has 0 bridgehead atoms. The van der Waals surface area contributed by atoms with Crippen LogP contribution in [0.5, 0.6) is 5.75 Å². The van der Waals surface area contributed by atoms with Crippen molar-refractivity contribution in [2.24, 2.45) is 0 Å². The molecule has 1 aromatic rings. The second-order valence-corrected chi connectivity index (χ2v) is 5.04. The Bertz CT molecular complexity index is 412. The van der Waals surface area contributed by atoms with Crippen molar-refractivity contribution >= 4 is 11.7 Å². The fraction of sp³-hybridized carbons (Fsp3) is 0.533. The van der Waals surface area contributed by atoms with E-state index in [0.717, 1.165) is 5.69 Å². The number of carboxylic acid groups (broad SMARTS) is 1. The molecule has 0 heterocycles. The number of hydrogen-bond acceptors (Lipinski definition) is 3. The van der Waals surface area contributed by atoms with Crippen LogP contribution >= 0.6 is 0 Å². The van der Waals surface area contributed by atoms with E-state index in [9.17, 15) is 4.79 Å². The Morgan fingerprint density at radius 1 is 1.26 bits per heavy atom. The van der Waals surface area contributed by atoms with E-state index < -0.39 is 5.97 Å². The number of anilines is 1. The Labute approximate surface area is 113 Å². The summed E-state index contributed by atoms with van der Waals surface area (Å²) >= 11 is 0. The molecule has 0 radical (unpaired) electrons. The van der Waals surface area contributed by atoms with E-state index in [4.69, 9.17) is 9.84 Å². The van der Waals surface area contributed by atoms with E-state index in [1.807, 2.05) is 18.2 Å². The van der Waals surface area contributed by atoms with Crippen LogP contribution in [0.4, 0.5) is 5.69 Å². The van der Waals surface area contributed by atoms with Gasteiger partial charge in [0.25, 0.3) is 0 Å². The van der Waals surface area contributed by atoms with Crippen LogP contribution in [-0.4, -0.2) is 23.7 Å². The molecule has 0 aliphatic heterocycles. The van der Waals surface area contributed by atoms with Crippen LogP contribution < -0.4 is 10.1 Å². The maximum Gasteiger partial charge on any atom is 0.341 e. The van der Waals surface area contributed by atoms with E-state index in [0.29, 0.717) is 11.8 Å². The van der Waals surface area contributed by atoms with Crippen LogP contribution in [0.2, 0.25) is 0 Å². The second kappa shape index (κ2) is 7.02. The van der Waals surface area contributed by atoms with E-state index >= 15 is 0 Å². The monoisotopic (exact) mass is 263 g/mol. The molecular weight excluding hydrogens is 242 g/mol. The quantitative estimate of drug-likeness (QED) is 0.800. The van der Waals surface area contributed by atoms with Gasteiger partial charge in [0.05, 0.1) is 0 Å². The summed E-state index contributed by atoms with van der Waals surface area (Å²) < 4.78 is 5.18. The average Bonchev–Trinajstić information content (AvgIpc) is 2.65. The molecule has 4 heteroatoms. The van der Waals surface area contributed by atoms with Gasteiger partial charge in [0.2, 0.25) is 0 Å². The number of hydrogen-bond donors (Lipinski definition) is 2. The molecule has 104 valence electrons. The zero-order valence-corrected chi connectivity index (χ0v) is 11.1. The van der Waals surface area contributed by atoms with Gasteiger partial charge in [-0.3, -0.25) is 0 Å². The zero-order chi connectivity index (χ0) is 13.5. The highest BCUT2D eigenvalue weighted by molar-refractivity contribution is 5.68. The molecule has 0 aromatic heterocycles. The third kappa shape index (κ3) is 4.81. The summed E-state index contributed by atoms with van der Waals surface area (Å²) in [7, 11) is 0. The van der Waals surface area contributed by atoms with Gasteiger partial charge in [-0.25, -0.2) is 4.79 Å². The van der Waals surface area contributed by atoms with E-state index in [1.165, 1.54) is 38.5 Å². The summed E-state index contributed by atoms with van der Waals surface area (Å²) in [4.78, 5) is 10.5. The SMILES string of the molecule is O=C(O)COc1cccc(NC2CCCCCC2)c1. The minimum absolute atomic E-state index is 0.299. The summed E-state index contributed by atoms with van der Waals surface area (Å²) in [5.41, 5.74) is 1.01. The zero-order valence-electron chi connectivity index (χ0n) is 11.1. The lowest BCUT2D eigenvalue weighted by atomic mass is 10.1. The number of ether oxygens (including phenoxy) is 1. The van der Waals surface area contributed by atoms with Crippen LogP contribution in [0.15, 0.2) is 24.3 Å². The Kier molecular flexibility index (Phi) is 5.07. The van der Waals surface area contributed by atoms with Crippen LogP contribution in [0.1, 0.15) is 38.5 Å². The number of rotatable bonds is 5. The molecular formula is C15H21NO3. The molecule has 1 aromatic carbocycles. The van der Waals surface area contributed by atoms with Gasteiger partial charge in [-0.1, -0.05) is 31.7 Å². The molecule has 1 saturated carbocycles. The lowest BCUT2D eigenvalue weighted by molar-refractivity contribution is -0.139. The van der Waals surface area contributed by atoms with Gasteiger partial charge < -0.3 is 15.2 Å². The first-order valence-corrected chi connectivity index (χ1v) is 6.95. The molecule has 2 N–H and O–H groups in total. The van der Waals surface area contributed by atoms with Gasteiger partial charge in [0.15, 0.2) is 6.61 Å². The molecule has 1 aliphatic carbocycles. The summed E-state index contributed by atoms with van der Waals surface area (Å²) in [6.07, 6.45) is 7.65. The van der Waals surface area contributed by atoms with Crippen molar-refractivity contribution in [3.63, 3.8) is 0 Å². The maximum atomic E-state index is 10.5. The Morgan fingerprint density at radius 3 is 2.68 bits per heavy atom. The second-order valence-electron chi connectivity index (χ2n) is 5.04. The van der Waals surface area contributed by atoms with Crippen LogP contribution in [0.25, 0.3) is 0 Å². The average molecular weight is 263 g/mol. The molecule has 0 spiro atoms.